The first-order chi connectivity index (χ1) is 14.3. The number of nitrogens with one attached hydrogen (secondary N) is 1. The van der Waals surface area contributed by atoms with Crippen LogP contribution >= 0.6 is 0 Å². The second-order valence-electron chi connectivity index (χ2n) is 6.91. The van der Waals surface area contributed by atoms with Crippen molar-refractivity contribution < 1.29 is 13.9 Å². The molecule has 1 amide bonds. The molecule has 29 heavy (non-hydrogen) atoms. The van der Waals surface area contributed by atoms with Gasteiger partial charge in [0.05, 0.1) is 13.2 Å². The Balaban J connectivity index is 1.22. The van der Waals surface area contributed by atoms with Crippen molar-refractivity contribution in [3.63, 3.8) is 0 Å². The molecule has 1 aliphatic rings. The first-order valence-electron chi connectivity index (χ1n) is 9.84. The molecule has 4 rings (SSSR count). The van der Waals surface area contributed by atoms with Crippen LogP contribution in [0.1, 0.15) is 17.9 Å². The maximum absolute atomic E-state index is 12.2. The lowest BCUT2D eigenvalue weighted by atomic mass is 10.2. The smallest absolute Gasteiger partial charge is 0.247 e. The zero-order valence-corrected chi connectivity index (χ0v) is 16.2. The van der Waals surface area contributed by atoms with Crippen molar-refractivity contribution >= 4 is 11.6 Å². The normalized spacial score (nSPS) is 14.0. The second-order valence-corrected chi connectivity index (χ2v) is 6.91. The minimum absolute atomic E-state index is 0.0401. The van der Waals surface area contributed by atoms with Crippen molar-refractivity contribution in [2.75, 3.05) is 31.2 Å². The van der Waals surface area contributed by atoms with E-state index in [0.717, 1.165) is 37.4 Å². The molecule has 2 heterocycles. The standard InChI is InChI=1S/C22H24N4O3/c27-20(10-11-21-24-25-22(29-21)18-4-2-1-3-5-18)23-16-17-6-8-19(9-7-17)26-12-14-28-15-13-26/h1-9H,10-16H2,(H,23,27). The Hall–Kier alpha value is -3.19. The summed E-state index contributed by atoms with van der Waals surface area (Å²) in [5.41, 5.74) is 3.13. The Morgan fingerprint density at radius 2 is 1.76 bits per heavy atom. The predicted octanol–water partition coefficient (Wildman–Crippen LogP) is 2.82. The average molecular weight is 392 g/mol. The van der Waals surface area contributed by atoms with Gasteiger partial charge >= 0.3 is 0 Å². The molecule has 7 heteroatoms. The fraction of sp³-hybridized carbons (Fsp3) is 0.318. The summed E-state index contributed by atoms with van der Waals surface area (Å²) in [6, 6.07) is 17.9. The van der Waals surface area contributed by atoms with Crippen LogP contribution in [0.2, 0.25) is 0 Å². The van der Waals surface area contributed by atoms with Gasteiger partial charge in [-0.05, 0) is 29.8 Å². The lowest BCUT2D eigenvalue weighted by Crippen LogP contribution is -2.36. The number of anilines is 1. The van der Waals surface area contributed by atoms with E-state index in [4.69, 9.17) is 9.15 Å². The van der Waals surface area contributed by atoms with Crippen molar-refractivity contribution in [2.24, 2.45) is 0 Å². The number of carbonyl (C=O) groups is 1. The van der Waals surface area contributed by atoms with Crippen LogP contribution in [-0.2, 0) is 22.5 Å². The van der Waals surface area contributed by atoms with Gasteiger partial charge < -0.3 is 19.4 Å². The number of carbonyl (C=O) groups excluding carboxylic acids is 1. The number of aryl methyl sites for hydroxylation is 1. The maximum atomic E-state index is 12.2. The summed E-state index contributed by atoms with van der Waals surface area (Å²) in [5, 5.41) is 11.0. The van der Waals surface area contributed by atoms with E-state index in [0.29, 0.717) is 31.2 Å². The quantitative estimate of drug-likeness (QED) is 0.666. The molecule has 1 aromatic heterocycles. The van der Waals surface area contributed by atoms with Gasteiger partial charge in [-0.25, -0.2) is 0 Å². The Morgan fingerprint density at radius 3 is 2.52 bits per heavy atom. The van der Waals surface area contributed by atoms with Gasteiger partial charge in [-0.3, -0.25) is 4.79 Å². The molecular weight excluding hydrogens is 368 g/mol. The van der Waals surface area contributed by atoms with Crippen molar-refractivity contribution in [1.29, 1.82) is 0 Å². The van der Waals surface area contributed by atoms with E-state index in [2.05, 4.69) is 44.7 Å². The summed E-state index contributed by atoms with van der Waals surface area (Å²) in [7, 11) is 0. The van der Waals surface area contributed by atoms with Crippen LogP contribution in [0.4, 0.5) is 5.69 Å². The number of aromatic nitrogens is 2. The Kier molecular flexibility index (Phi) is 6.16. The highest BCUT2D eigenvalue weighted by Crippen LogP contribution is 2.18. The van der Waals surface area contributed by atoms with E-state index in [1.54, 1.807) is 0 Å². The summed E-state index contributed by atoms with van der Waals surface area (Å²) in [6.07, 6.45) is 0.726. The monoisotopic (exact) mass is 392 g/mol. The third-order valence-corrected chi connectivity index (χ3v) is 4.86. The third kappa shape index (κ3) is 5.20. The van der Waals surface area contributed by atoms with E-state index in [1.165, 1.54) is 5.69 Å². The van der Waals surface area contributed by atoms with Crippen molar-refractivity contribution in [3.05, 3.63) is 66.1 Å². The van der Waals surface area contributed by atoms with Crippen LogP contribution in [0, 0.1) is 0 Å². The zero-order valence-electron chi connectivity index (χ0n) is 16.2. The van der Waals surface area contributed by atoms with Crippen LogP contribution in [0.5, 0.6) is 0 Å². The van der Waals surface area contributed by atoms with Crippen LogP contribution in [0.3, 0.4) is 0 Å². The largest absolute Gasteiger partial charge is 0.421 e. The summed E-state index contributed by atoms with van der Waals surface area (Å²) in [6.45, 7) is 3.87. The van der Waals surface area contributed by atoms with Crippen LogP contribution in [0.25, 0.3) is 11.5 Å². The number of morpholine rings is 1. The average Bonchev–Trinajstić information content (AvgIpc) is 3.27. The van der Waals surface area contributed by atoms with Crippen LogP contribution in [0.15, 0.2) is 59.0 Å². The maximum Gasteiger partial charge on any atom is 0.247 e. The number of nitrogens with zero attached hydrogens (tertiary/aromatic N) is 3. The predicted molar refractivity (Wildman–Crippen MR) is 109 cm³/mol. The van der Waals surface area contributed by atoms with Gasteiger partial charge in [0, 0.05) is 43.7 Å². The van der Waals surface area contributed by atoms with Crippen molar-refractivity contribution in [2.45, 2.75) is 19.4 Å². The van der Waals surface area contributed by atoms with E-state index < -0.39 is 0 Å². The fourth-order valence-electron chi connectivity index (χ4n) is 3.21. The zero-order chi connectivity index (χ0) is 19.9. The molecule has 3 aromatic rings. The summed E-state index contributed by atoms with van der Waals surface area (Å²) in [4.78, 5) is 14.5. The number of ether oxygens (including phenoxy) is 1. The SMILES string of the molecule is O=C(CCc1nnc(-c2ccccc2)o1)NCc1ccc(N2CCOCC2)cc1. The molecular formula is C22H24N4O3. The molecule has 0 atom stereocenters. The summed E-state index contributed by atoms with van der Waals surface area (Å²) < 4.78 is 11.0. The van der Waals surface area contributed by atoms with Crippen LogP contribution < -0.4 is 10.2 Å². The van der Waals surface area contributed by atoms with Gasteiger partial charge in [0.25, 0.3) is 0 Å². The number of benzene rings is 2. The molecule has 0 saturated carbocycles. The Morgan fingerprint density at radius 1 is 1.00 bits per heavy atom. The topological polar surface area (TPSA) is 80.5 Å². The van der Waals surface area contributed by atoms with Gasteiger partial charge in [0.2, 0.25) is 17.7 Å². The Labute approximate surface area is 169 Å². The number of rotatable bonds is 7. The van der Waals surface area contributed by atoms with Gasteiger partial charge in [0.15, 0.2) is 0 Å². The second kappa shape index (κ2) is 9.34. The van der Waals surface area contributed by atoms with Crippen molar-refractivity contribution in [3.8, 4) is 11.5 Å². The minimum Gasteiger partial charge on any atom is -0.421 e. The van der Waals surface area contributed by atoms with Gasteiger partial charge in [-0.1, -0.05) is 30.3 Å². The molecule has 1 saturated heterocycles. The first-order valence-corrected chi connectivity index (χ1v) is 9.84. The van der Waals surface area contributed by atoms with E-state index in [1.807, 2.05) is 30.3 Å². The summed E-state index contributed by atoms with van der Waals surface area (Å²) in [5.74, 6) is 0.900. The van der Waals surface area contributed by atoms with Crippen molar-refractivity contribution in [1.82, 2.24) is 15.5 Å². The number of amides is 1. The highest BCUT2D eigenvalue weighted by Gasteiger charge is 2.12. The molecule has 150 valence electrons. The fourth-order valence-corrected chi connectivity index (χ4v) is 3.21. The number of hydrogen-bond acceptors (Lipinski definition) is 6. The third-order valence-electron chi connectivity index (χ3n) is 4.86. The van der Waals surface area contributed by atoms with E-state index in [9.17, 15) is 4.79 Å². The molecule has 1 fully saturated rings. The lowest BCUT2D eigenvalue weighted by Gasteiger charge is -2.28. The highest BCUT2D eigenvalue weighted by molar-refractivity contribution is 5.76. The molecule has 0 bridgehead atoms. The van der Waals surface area contributed by atoms with Gasteiger partial charge in [0.1, 0.15) is 0 Å². The molecule has 1 N–H and O–H groups in total. The number of hydrogen-bond donors (Lipinski definition) is 1. The van der Waals surface area contributed by atoms with E-state index >= 15 is 0 Å². The molecule has 0 unspecified atom stereocenters. The highest BCUT2D eigenvalue weighted by atomic mass is 16.5. The molecule has 0 radical (unpaired) electrons. The molecule has 0 aliphatic carbocycles. The van der Waals surface area contributed by atoms with Gasteiger partial charge in [-0.15, -0.1) is 10.2 Å². The van der Waals surface area contributed by atoms with Gasteiger partial charge in [-0.2, -0.15) is 0 Å². The first kappa shape index (κ1) is 19.1. The summed E-state index contributed by atoms with van der Waals surface area (Å²) >= 11 is 0. The lowest BCUT2D eigenvalue weighted by molar-refractivity contribution is -0.121. The van der Waals surface area contributed by atoms with Crippen LogP contribution in [-0.4, -0.2) is 42.4 Å². The Bertz CT molecular complexity index is 919. The molecule has 1 aliphatic heterocycles. The molecule has 7 nitrogen and oxygen atoms in total. The molecule has 2 aromatic carbocycles. The minimum atomic E-state index is -0.0401. The van der Waals surface area contributed by atoms with E-state index in [-0.39, 0.29) is 5.91 Å². The molecule has 0 spiro atoms.